The number of ether oxygens (including phenoxy) is 1. The molecule has 154 valence electrons. The lowest BCUT2D eigenvalue weighted by molar-refractivity contribution is 0.0995. The summed E-state index contributed by atoms with van der Waals surface area (Å²) >= 11 is 0. The Bertz CT molecular complexity index is 1120. The second-order valence-corrected chi connectivity index (χ2v) is 6.98. The molecule has 8 nitrogen and oxygen atoms in total. The van der Waals surface area contributed by atoms with Gasteiger partial charge in [-0.25, -0.2) is 9.97 Å². The fourth-order valence-corrected chi connectivity index (χ4v) is 3.15. The van der Waals surface area contributed by atoms with E-state index in [-0.39, 0.29) is 5.69 Å². The summed E-state index contributed by atoms with van der Waals surface area (Å²) in [5.74, 6) is 0.675. The molecule has 0 spiro atoms. The highest BCUT2D eigenvalue weighted by atomic mass is 16.5. The number of aliphatic hydroxyl groups excluding tert-OH is 1. The number of hydrogen-bond donors (Lipinski definition) is 2. The second kappa shape index (κ2) is 8.79. The Balaban J connectivity index is 1.28. The Morgan fingerprint density at radius 1 is 1.23 bits per heavy atom. The molecular weight excluding hydrogens is 384 g/mol. The average molecular weight is 406 g/mol. The fourth-order valence-electron chi connectivity index (χ4n) is 3.15. The highest BCUT2D eigenvalue weighted by Gasteiger charge is 2.10. The Labute approximate surface area is 172 Å². The molecule has 1 atom stereocenters. The molecule has 3 N–H and O–H groups in total. The maximum absolute atomic E-state index is 11.1. The predicted octanol–water partition coefficient (Wildman–Crippen LogP) is 3.01. The number of aliphatic hydroxyl groups is 1. The van der Waals surface area contributed by atoms with Crippen molar-refractivity contribution in [2.75, 3.05) is 6.61 Å². The third-order valence-electron chi connectivity index (χ3n) is 4.63. The number of nitrogens with zero attached hydrogens (tertiary/aromatic N) is 3. The number of carbonyl (C=O) groups excluding carboxylic acids is 1. The molecule has 0 fully saturated rings. The number of amides is 1. The van der Waals surface area contributed by atoms with Gasteiger partial charge in [0.2, 0.25) is 5.89 Å². The first kappa shape index (κ1) is 19.7. The van der Waals surface area contributed by atoms with Gasteiger partial charge in [0.15, 0.2) is 5.58 Å². The molecule has 0 aliphatic heterocycles. The van der Waals surface area contributed by atoms with Crippen molar-refractivity contribution in [1.29, 1.82) is 0 Å². The molecule has 0 aliphatic carbocycles. The minimum atomic E-state index is -0.586. The number of benzene rings is 2. The molecule has 2 aromatic carbocycles. The molecule has 0 aliphatic rings. The smallest absolute Gasteiger partial charge is 0.268 e. The monoisotopic (exact) mass is 406 g/mol. The van der Waals surface area contributed by atoms with Crippen molar-refractivity contribution in [1.82, 2.24) is 14.5 Å². The minimum Gasteiger partial charge on any atom is -0.494 e. The van der Waals surface area contributed by atoms with Gasteiger partial charge in [-0.2, -0.15) is 0 Å². The third-order valence-corrected chi connectivity index (χ3v) is 4.63. The summed E-state index contributed by atoms with van der Waals surface area (Å²) < 4.78 is 13.3. The summed E-state index contributed by atoms with van der Waals surface area (Å²) in [5.41, 5.74) is 7.76. The number of imidazole rings is 1. The van der Waals surface area contributed by atoms with E-state index in [1.165, 1.54) is 12.5 Å². The largest absolute Gasteiger partial charge is 0.494 e. The zero-order valence-electron chi connectivity index (χ0n) is 16.3. The second-order valence-electron chi connectivity index (χ2n) is 6.98. The minimum absolute atomic E-state index is 0.185. The number of carbonyl (C=O) groups is 1. The maximum Gasteiger partial charge on any atom is 0.268 e. The van der Waals surface area contributed by atoms with E-state index in [0.29, 0.717) is 37.6 Å². The van der Waals surface area contributed by atoms with Crippen LogP contribution in [-0.4, -0.2) is 38.3 Å². The van der Waals surface area contributed by atoms with Gasteiger partial charge in [-0.05, 0) is 43.2 Å². The number of nitrogens with two attached hydrogens (primary N) is 1. The third kappa shape index (κ3) is 4.66. The van der Waals surface area contributed by atoms with Crippen molar-refractivity contribution in [3.63, 3.8) is 0 Å². The average Bonchev–Trinajstić information content (AvgIpc) is 3.38. The van der Waals surface area contributed by atoms with Crippen LogP contribution in [0.1, 0.15) is 23.3 Å². The number of fused-ring (bicyclic) bond motifs is 1. The standard InChI is InChI=1S/C22H22N4O4/c23-21(28)19-13-26(14-24-19)12-16(27)6-4-10-29-17-7-3-5-15(11-17)22-25-18-8-1-2-9-20(18)30-22/h1-3,5,7-9,11,13-14,16,27H,4,6,10,12H2,(H2,23,28). The van der Waals surface area contributed by atoms with E-state index >= 15 is 0 Å². The summed E-state index contributed by atoms with van der Waals surface area (Å²) in [6.45, 7) is 0.804. The van der Waals surface area contributed by atoms with E-state index in [2.05, 4.69) is 9.97 Å². The SMILES string of the molecule is NC(=O)c1cn(CC(O)CCCOc2cccc(-c3nc4ccccc4o3)c2)cn1. The van der Waals surface area contributed by atoms with Crippen LogP contribution < -0.4 is 10.5 Å². The Morgan fingerprint density at radius 3 is 2.90 bits per heavy atom. The summed E-state index contributed by atoms with van der Waals surface area (Å²) in [6, 6.07) is 15.2. The molecule has 30 heavy (non-hydrogen) atoms. The van der Waals surface area contributed by atoms with Crippen molar-refractivity contribution in [3.8, 4) is 17.2 Å². The van der Waals surface area contributed by atoms with Crippen molar-refractivity contribution in [2.45, 2.75) is 25.5 Å². The first-order chi connectivity index (χ1) is 14.6. The van der Waals surface area contributed by atoms with Crippen LogP contribution in [0.15, 0.2) is 65.5 Å². The van der Waals surface area contributed by atoms with Crippen LogP contribution >= 0.6 is 0 Å². The number of hydrogen-bond acceptors (Lipinski definition) is 6. The Morgan fingerprint density at radius 2 is 2.10 bits per heavy atom. The Hall–Kier alpha value is -3.65. The molecule has 0 saturated heterocycles. The van der Waals surface area contributed by atoms with E-state index in [1.54, 1.807) is 4.57 Å². The van der Waals surface area contributed by atoms with Gasteiger partial charge in [0.05, 0.1) is 19.0 Å². The van der Waals surface area contributed by atoms with Crippen LogP contribution in [-0.2, 0) is 6.54 Å². The van der Waals surface area contributed by atoms with Crippen molar-refractivity contribution in [2.24, 2.45) is 5.73 Å². The molecule has 1 amide bonds. The van der Waals surface area contributed by atoms with Gasteiger partial charge in [0, 0.05) is 18.3 Å². The van der Waals surface area contributed by atoms with Gasteiger partial charge in [0.1, 0.15) is 17.0 Å². The predicted molar refractivity (Wildman–Crippen MR) is 111 cm³/mol. The fraction of sp³-hybridized carbons (Fsp3) is 0.227. The van der Waals surface area contributed by atoms with Crippen molar-refractivity contribution in [3.05, 3.63) is 66.7 Å². The van der Waals surface area contributed by atoms with Crippen LogP contribution in [0.4, 0.5) is 0 Å². The lowest BCUT2D eigenvalue weighted by Crippen LogP contribution is -2.16. The number of primary amides is 1. The zero-order chi connectivity index (χ0) is 20.9. The van der Waals surface area contributed by atoms with Crippen molar-refractivity contribution >= 4 is 17.0 Å². The van der Waals surface area contributed by atoms with E-state index in [9.17, 15) is 9.90 Å². The van der Waals surface area contributed by atoms with Crippen molar-refractivity contribution < 1.29 is 19.1 Å². The first-order valence-electron chi connectivity index (χ1n) is 9.67. The van der Waals surface area contributed by atoms with Gasteiger partial charge in [-0.15, -0.1) is 0 Å². The molecule has 1 unspecified atom stereocenters. The maximum atomic E-state index is 11.1. The summed E-state index contributed by atoms with van der Waals surface area (Å²) in [6.07, 6.45) is 3.66. The molecule has 2 aromatic heterocycles. The quantitative estimate of drug-likeness (QED) is 0.413. The van der Waals surface area contributed by atoms with Gasteiger partial charge in [-0.1, -0.05) is 18.2 Å². The topological polar surface area (TPSA) is 116 Å². The summed E-state index contributed by atoms with van der Waals surface area (Å²) in [5, 5.41) is 10.2. The number of rotatable bonds is 9. The molecule has 8 heteroatoms. The van der Waals surface area contributed by atoms with Crippen LogP contribution in [0.3, 0.4) is 0 Å². The van der Waals surface area contributed by atoms with Crippen LogP contribution in [0, 0.1) is 0 Å². The van der Waals surface area contributed by atoms with Gasteiger partial charge >= 0.3 is 0 Å². The summed E-state index contributed by atoms with van der Waals surface area (Å²) in [4.78, 5) is 19.5. The molecule has 4 rings (SSSR count). The molecule has 0 radical (unpaired) electrons. The van der Waals surface area contributed by atoms with E-state index in [1.807, 2.05) is 48.5 Å². The number of para-hydroxylation sites is 2. The van der Waals surface area contributed by atoms with Crippen LogP contribution in [0.5, 0.6) is 5.75 Å². The highest BCUT2D eigenvalue weighted by molar-refractivity contribution is 5.90. The summed E-state index contributed by atoms with van der Waals surface area (Å²) in [7, 11) is 0. The van der Waals surface area contributed by atoms with Crippen LogP contribution in [0.25, 0.3) is 22.6 Å². The molecule has 0 bridgehead atoms. The van der Waals surface area contributed by atoms with Gasteiger partial charge < -0.3 is 24.6 Å². The van der Waals surface area contributed by atoms with E-state index < -0.39 is 12.0 Å². The van der Waals surface area contributed by atoms with Gasteiger partial charge in [0.25, 0.3) is 5.91 Å². The number of oxazole rings is 1. The van der Waals surface area contributed by atoms with Crippen LogP contribution in [0.2, 0.25) is 0 Å². The van der Waals surface area contributed by atoms with E-state index in [0.717, 1.165) is 16.7 Å². The number of aromatic nitrogens is 3. The van der Waals surface area contributed by atoms with E-state index in [4.69, 9.17) is 14.9 Å². The molecule has 0 saturated carbocycles. The lowest BCUT2D eigenvalue weighted by Gasteiger charge is -2.12. The molecular formula is C22H22N4O4. The Kier molecular flexibility index (Phi) is 5.76. The van der Waals surface area contributed by atoms with Gasteiger partial charge in [-0.3, -0.25) is 4.79 Å². The first-order valence-corrected chi connectivity index (χ1v) is 9.67. The molecule has 2 heterocycles. The lowest BCUT2D eigenvalue weighted by atomic mass is 10.2. The zero-order valence-corrected chi connectivity index (χ0v) is 16.3. The molecule has 4 aromatic rings. The normalized spacial score (nSPS) is 12.2. The highest BCUT2D eigenvalue weighted by Crippen LogP contribution is 2.26.